The van der Waals surface area contributed by atoms with Crippen LogP contribution in [0.1, 0.15) is 26.2 Å². The van der Waals surface area contributed by atoms with Crippen LogP contribution in [0.3, 0.4) is 0 Å². The SMILES string of the molecule is CC1CCCCOOOC1. The van der Waals surface area contributed by atoms with E-state index in [0.717, 1.165) is 6.42 Å². The zero-order valence-corrected chi connectivity index (χ0v) is 6.34. The minimum absolute atomic E-state index is 0.585. The third kappa shape index (κ3) is 3.15. The predicted molar refractivity (Wildman–Crippen MR) is 36.0 cm³/mol. The van der Waals surface area contributed by atoms with Crippen molar-refractivity contribution in [3.63, 3.8) is 0 Å². The van der Waals surface area contributed by atoms with Gasteiger partial charge in [0.15, 0.2) is 0 Å². The Hall–Kier alpha value is -0.120. The molecule has 0 aliphatic carbocycles. The number of rotatable bonds is 0. The van der Waals surface area contributed by atoms with Crippen molar-refractivity contribution in [2.45, 2.75) is 26.2 Å². The molecule has 0 bridgehead atoms. The van der Waals surface area contributed by atoms with Gasteiger partial charge in [0.25, 0.3) is 0 Å². The monoisotopic (exact) mass is 146 g/mol. The van der Waals surface area contributed by atoms with Gasteiger partial charge in [-0.1, -0.05) is 18.4 Å². The predicted octanol–water partition coefficient (Wildman–Crippen LogP) is 1.69. The Morgan fingerprint density at radius 3 is 3.00 bits per heavy atom. The second-order valence-electron chi connectivity index (χ2n) is 2.78. The first-order valence-electron chi connectivity index (χ1n) is 3.80. The molecule has 1 unspecified atom stereocenters. The Bertz CT molecular complexity index is 74.9. The van der Waals surface area contributed by atoms with E-state index in [9.17, 15) is 0 Å². The Balaban J connectivity index is 2.15. The average Bonchev–Trinajstić information content (AvgIpc) is 2.02. The molecule has 1 rings (SSSR count). The first-order valence-corrected chi connectivity index (χ1v) is 3.80. The minimum atomic E-state index is 0.585. The average molecular weight is 146 g/mol. The van der Waals surface area contributed by atoms with Gasteiger partial charge >= 0.3 is 0 Å². The second-order valence-corrected chi connectivity index (χ2v) is 2.78. The van der Waals surface area contributed by atoms with E-state index in [0.29, 0.717) is 19.1 Å². The van der Waals surface area contributed by atoms with Crippen molar-refractivity contribution in [2.75, 3.05) is 13.2 Å². The fraction of sp³-hybridized carbons (Fsp3) is 1.00. The van der Waals surface area contributed by atoms with Gasteiger partial charge in [0.05, 0.1) is 13.2 Å². The van der Waals surface area contributed by atoms with Crippen LogP contribution in [-0.2, 0) is 14.8 Å². The van der Waals surface area contributed by atoms with Crippen LogP contribution in [0.25, 0.3) is 0 Å². The minimum Gasteiger partial charge on any atom is -0.206 e. The Morgan fingerprint density at radius 2 is 2.10 bits per heavy atom. The Morgan fingerprint density at radius 1 is 1.20 bits per heavy atom. The van der Waals surface area contributed by atoms with Gasteiger partial charge in [-0.3, -0.25) is 0 Å². The summed E-state index contributed by atoms with van der Waals surface area (Å²) in [6, 6.07) is 0. The largest absolute Gasteiger partial charge is 0.206 e. The highest BCUT2D eigenvalue weighted by Gasteiger charge is 2.05. The van der Waals surface area contributed by atoms with Crippen molar-refractivity contribution in [3.8, 4) is 0 Å². The molecule has 0 aromatic carbocycles. The Labute approximate surface area is 61.1 Å². The summed E-state index contributed by atoms with van der Waals surface area (Å²) in [7, 11) is 0. The summed E-state index contributed by atoms with van der Waals surface area (Å²) in [5.41, 5.74) is 0. The number of hydrogen-bond donors (Lipinski definition) is 0. The molecule has 1 atom stereocenters. The van der Waals surface area contributed by atoms with Gasteiger partial charge in [0.2, 0.25) is 0 Å². The maximum atomic E-state index is 4.74. The third-order valence-corrected chi connectivity index (χ3v) is 1.62. The van der Waals surface area contributed by atoms with Gasteiger partial charge in [0, 0.05) is 0 Å². The summed E-state index contributed by atoms with van der Waals surface area (Å²) >= 11 is 0. The van der Waals surface area contributed by atoms with E-state index in [1.54, 1.807) is 0 Å². The van der Waals surface area contributed by atoms with E-state index in [2.05, 4.69) is 16.8 Å². The quantitative estimate of drug-likeness (QED) is 0.487. The zero-order valence-electron chi connectivity index (χ0n) is 6.34. The lowest BCUT2D eigenvalue weighted by Crippen LogP contribution is -2.04. The summed E-state index contributed by atoms with van der Waals surface area (Å²) in [5.74, 6) is 0.585. The van der Waals surface area contributed by atoms with Crippen LogP contribution in [0.15, 0.2) is 0 Å². The molecule has 0 amide bonds. The molecule has 0 spiro atoms. The highest BCUT2D eigenvalue weighted by Crippen LogP contribution is 2.10. The molecule has 0 saturated carbocycles. The molecular formula is C7H14O3. The first-order chi connectivity index (χ1) is 4.89. The normalized spacial score (nSPS) is 30.3. The molecule has 0 N–H and O–H groups in total. The van der Waals surface area contributed by atoms with Gasteiger partial charge in [-0.25, -0.2) is 9.78 Å². The van der Waals surface area contributed by atoms with Crippen LogP contribution >= 0.6 is 0 Å². The summed E-state index contributed by atoms with van der Waals surface area (Å²) in [6.07, 6.45) is 3.47. The van der Waals surface area contributed by atoms with E-state index in [4.69, 9.17) is 4.89 Å². The van der Waals surface area contributed by atoms with Crippen LogP contribution in [0.2, 0.25) is 0 Å². The lowest BCUT2D eigenvalue weighted by molar-refractivity contribution is -0.513. The highest BCUT2D eigenvalue weighted by atomic mass is 17.5. The molecule has 10 heavy (non-hydrogen) atoms. The van der Waals surface area contributed by atoms with Crippen molar-refractivity contribution < 1.29 is 14.8 Å². The van der Waals surface area contributed by atoms with Gasteiger partial charge in [-0.2, -0.15) is 0 Å². The summed E-state index contributed by atoms with van der Waals surface area (Å²) in [4.78, 5) is 9.43. The van der Waals surface area contributed by atoms with Gasteiger partial charge in [-0.15, -0.1) is 0 Å². The van der Waals surface area contributed by atoms with Gasteiger partial charge in [0.1, 0.15) is 0 Å². The molecule has 1 saturated heterocycles. The van der Waals surface area contributed by atoms with Crippen LogP contribution < -0.4 is 0 Å². The standard InChI is InChI=1S/C7H14O3/c1-7-4-2-3-5-8-10-9-6-7/h7H,2-6H2,1H3. The van der Waals surface area contributed by atoms with E-state index >= 15 is 0 Å². The number of hydrogen-bond acceptors (Lipinski definition) is 3. The van der Waals surface area contributed by atoms with Gasteiger partial charge in [-0.05, 0) is 18.8 Å². The lowest BCUT2D eigenvalue weighted by atomic mass is 10.1. The maximum Gasteiger partial charge on any atom is 0.0879 e. The highest BCUT2D eigenvalue weighted by molar-refractivity contribution is 4.50. The fourth-order valence-corrected chi connectivity index (χ4v) is 0.949. The van der Waals surface area contributed by atoms with Crippen molar-refractivity contribution in [2.24, 2.45) is 5.92 Å². The van der Waals surface area contributed by atoms with E-state index in [1.807, 2.05) is 0 Å². The maximum absolute atomic E-state index is 4.74. The van der Waals surface area contributed by atoms with Gasteiger partial charge < -0.3 is 0 Å². The molecule has 60 valence electrons. The first kappa shape index (κ1) is 7.98. The van der Waals surface area contributed by atoms with E-state index in [1.165, 1.54) is 12.8 Å². The van der Waals surface area contributed by atoms with Crippen molar-refractivity contribution in [3.05, 3.63) is 0 Å². The van der Waals surface area contributed by atoms with E-state index < -0.39 is 0 Å². The van der Waals surface area contributed by atoms with Crippen LogP contribution in [0, 0.1) is 5.92 Å². The molecule has 3 nitrogen and oxygen atoms in total. The Kier molecular flexibility index (Phi) is 3.72. The molecule has 3 heteroatoms. The molecule has 1 aliphatic rings. The second kappa shape index (κ2) is 4.66. The molecule has 0 radical (unpaired) electrons. The zero-order chi connectivity index (χ0) is 7.23. The van der Waals surface area contributed by atoms with Crippen LogP contribution in [0.5, 0.6) is 0 Å². The molecule has 0 aromatic heterocycles. The lowest BCUT2D eigenvalue weighted by Gasteiger charge is -2.05. The van der Waals surface area contributed by atoms with Crippen molar-refractivity contribution in [1.29, 1.82) is 0 Å². The van der Waals surface area contributed by atoms with Crippen LogP contribution in [-0.4, -0.2) is 13.2 Å². The summed E-state index contributed by atoms with van der Waals surface area (Å²) in [6.45, 7) is 3.43. The fourth-order valence-electron chi connectivity index (χ4n) is 0.949. The third-order valence-electron chi connectivity index (χ3n) is 1.62. The van der Waals surface area contributed by atoms with Crippen molar-refractivity contribution in [1.82, 2.24) is 0 Å². The van der Waals surface area contributed by atoms with E-state index in [-0.39, 0.29) is 0 Å². The molecule has 1 heterocycles. The molecule has 0 aromatic rings. The smallest absolute Gasteiger partial charge is 0.0879 e. The van der Waals surface area contributed by atoms with Crippen LogP contribution in [0.4, 0.5) is 0 Å². The van der Waals surface area contributed by atoms with Crippen molar-refractivity contribution >= 4 is 0 Å². The summed E-state index contributed by atoms with van der Waals surface area (Å²) < 4.78 is 0. The molecule has 1 aliphatic heterocycles. The topological polar surface area (TPSA) is 27.7 Å². The summed E-state index contributed by atoms with van der Waals surface area (Å²) in [5, 5.41) is 4.42. The molecule has 1 fully saturated rings. The molecular weight excluding hydrogens is 132 g/mol.